The Morgan fingerprint density at radius 2 is 0.474 bits per heavy atom. The summed E-state index contributed by atoms with van der Waals surface area (Å²) in [4.78, 5) is 21.8. The van der Waals surface area contributed by atoms with E-state index in [1.807, 2.05) is 237 Å². The standard InChI is InChI=1S/C41H27N2OPS.C31H21N2OP.C30H20N3OP/c44-45(33-15-8-3-9-16-33)36-18-10-17-34-40(36)43(41(42-34)31-13-6-2-7-14-31)35-24-23-32(27-37(35)45)28-19-21-30(22-20-28)39-26-25-38(46-39)29-11-4-1-5-12-29;34-35(25-15-8-3-9-16-25)28-18-10-17-26-30(28)33(31(32-26)23-13-6-2-7-14-23)27-20-19-24(21-29(27)35)22-11-4-1-5-12-22;34-35(24-10-5-2-6-11-24)27-13-7-12-25-29(27)33(30(32-25)22-8-3-1-4-9-22)26-15-14-23(20-28(26)35)21-16-18-31-19-17-21/h1-27H;1-21H;1-20H. The summed E-state index contributed by atoms with van der Waals surface area (Å²) in [6.07, 6.45) is 3.57. The molecule has 15 aromatic carbocycles. The summed E-state index contributed by atoms with van der Waals surface area (Å²) in [7, 11) is -9.55. The number of hydrogen-bond donors (Lipinski definition) is 0. The Kier molecular flexibility index (Phi) is 17.4. The SMILES string of the molecule is O=P1(c2ccccc2)c2cc(-c3ccc(-c4ccc(-c5ccccc5)s4)cc3)ccc2-n2c(-c3ccccc3)nc3cccc1c32.O=P1(c2ccccc2)c2cc(-c3ccccc3)ccc2-n2c(-c3ccccc3)nc3cccc1c32.O=P1(c2ccccc2)c2cc(-c3ccncc3)ccc2-n2c(-c3ccccc3)nc3cccc1c32. The smallest absolute Gasteiger partial charge is 0.175 e. The average molecular weight is 1560 g/mol. The maximum Gasteiger partial charge on any atom is 0.175 e. The Morgan fingerprint density at radius 3 is 0.802 bits per heavy atom. The van der Waals surface area contributed by atoms with Crippen molar-refractivity contribution >= 4 is 114 Å². The van der Waals surface area contributed by atoms with E-state index in [4.69, 9.17) is 15.0 Å². The van der Waals surface area contributed by atoms with Crippen molar-refractivity contribution in [3.8, 4) is 105 Å². The number of para-hydroxylation sites is 3. The maximum absolute atomic E-state index is 15.7. The summed E-state index contributed by atoms with van der Waals surface area (Å²) < 4.78 is 53.0. The largest absolute Gasteiger partial charge is 0.308 e. The summed E-state index contributed by atoms with van der Waals surface area (Å²) >= 11 is 1.80. The molecule has 3 aliphatic heterocycles. The lowest BCUT2D eigenvalue weighted by Crippen LogP contribution is -2.33. The van der Waals surface area contributed by atoms with Crippen LogP contribution in [0.2, 0.25) is 0 Å². The van der Waals surface area contributed by atoms with E-state index in [0.29, 0.717) is 0 Å². The molecule has 116 heavy (non-hydrogen) atoms. The minimum atomic E-state index is -3.23. The molecule has 0 bridgehead atoms. The Balaban J connectivity index is 0.000000110. The molecule has 0 spiro atoms. The van der Waals surface area contributed by atoms with Crippen LogP contribution in [0.1, 0.15) is 0 Å². The number of nitrogens with zero attached hydrogens (tertiary/aromatic N) is 7. The third kappa shape index (κ3) is 11.6. The van der Waals surface area contributed by atoms with Crippen molar-refractivity contribution in [1.82, 2.24) is 33.6 Å². The average Bonchev–Trinajstić information content (AvgIpc) is 1.34. The molecule has 0 saturated carbocycles. The van der Waals surface area contributed by atoms with Crippen molar-refractivity contribution in [2.45, 2.75) is 0 Å². The molecule has 3 unspecified atom stereocenters. The molecule has 0 saturated heterocycles. The van der Waals surface area contributed by atoms with Gasteiger partial charge in [-0.15, -0.1) is 11.3 Å². The zero-order chi connectivity index (χ0) is 77.5. The molecule has 0 fully saturated rings. The number of benzene rings is 15. The van der Waals surface area contributed by atoms with Crippen molar-refractivity contribution in [3.63, 3.8) is 0 Å². The van der Waals surface area contributed by atoms with Gasteiger partial charge in [-0.1, -0.05) is 303 Å². The zero-order valence-corrected chi connectivity index (χ0v) is 65.9. The monoisotopic (exact) mass is 1560 g/mol. The van der Waals surface area contributed by atoms with Gasteiger partial charge in [0.05, 0.1) is 50.2 Å². The van der Waals surface area contributed by atoms with Crippen molar-refractivity contribution in [3.05, 3.63) is 413 Å². The van der Waals surface area contributed by atoms with Crippen molar-refractivity contribution in [1.29, 1.82) is 0 Å². The normalized spacial score (nSPS) is 15.8. The first kappa shape index (κ1) is 70.1. The summed E-state index contributed by atoms with van der Waals surface area (Å²) in [5.41, 5.74) is 19.9. The lowest BCUT2D eigenvalue weighted by Gasteiger charge is -2.29. The van der Waals surface area contributed by atoms with Gasteiger partial charge in [-0.05, 0) is 142 Å². The highest BCUT2D eigenvalue weighted by Gasteiger charge is 2.44. The number of pyridine rings is 1. The van der Waals surface area contributed by atoms with Crippen LogP contribution < -0.4 is 47.7 Å². The van der Waals surface area contributed by atoms with Crippen LogP contribution in [-0.4, -0.2) is 33.6 Å². The summed E-state index contributed by atoms with van der Waals surface area (Å²) in [6.45, 7) is 0. The highest BCUT2D eigenvalue weighted by molar-refractivity contribution is 7.87. The van der Waals surface area contributed by atoms with Crippen LogP contribution in [0.25, 0.3) is 139 Å². The topological polar surface area (TPSA) is 118 Å². The first-order valence-electron chi connectivity index (χ1n) is 38.5. The molecule has 10 nitrogen and oxygen atoms in total. The van der Waals surface area contributed by atoms with Crippen molar-refractivity contribution in [2.75, 3.05) is 0 Å². The van der Waals surface area contributed by atoms with Crippen molar-refractivity contribution in [2.24, 2.45) is 0 Å². The Labute approximate surface area is 674 Å². The molecule has 20 aromatic rings. The molecule has 3 aliphatic rings. The number of imidazole rings is 3. The molecule has 8 heterocycles. The highest BCUT2D eigenvalue weighted by Crippen LogP contribution is 2.55. The minimum absolute atomic E-state index is 0.827. The molecule has 5 aromatic heterocycles. The Bertz CT molecular complexity index is 7070. The van der Waals surface area contributed by atoms with Crippen LogP contribution >= 0.6 is 32.8 Å². The van der Waals surface area contributed by atoms with E-state index >= 15 is 13.7 Å². The molecule has 23 rings (SSSR count). The molecule has 0 N–H and O–H groups in total. The molecule has 3 atom stereocenters. The molecular weight excluding hydrogens is 1500 g/mol. The second-order valence-electron chi connectivity index (χ2n) is 29.0. The number of rotatable bonds is 11. The van der Waals surface area contributed by atoms with Crippen LogP contribution in [0.4, 0.5) is 0 Å². The predicted molar refractivity (Wildman–Crippen MR) is 481 cm³/mol. The van der Waals surface area contributed by atoms with Crippen LogP contribution in [-0.2, 0) is 13.7 Å². The molecule has 0 aliphatic carbocycles. The van der Waals surface area contributed by atoms with Gasteiger partial charge < -0.3 is 13.7 Å². The van der Waals surface area contributed by atoms with E-state index in [1.54, 1.807) is 23.7 Å². The molecule has 0 radical (unpaired) electrons. The number of hydrogen-bond acceptors (Lipinski definition) is 8. The van der Waals surface area contributed by atoms with Gasteiger partial charge in [0.15, 0.2) is 21.4 Å². The van der Waals surface area contributed by atoms with Crippen LogP contribution in [0.3, 0.4) is 0 Å². The second kappa shape index (κ2) is 28.7. The fourth-order valence-corrected chi connectivity index (χ4v) is 27.1. The van der Waals surface area contributed by atoms with E-state index < -0.39 is 21.4 Å². The van der Waals surface area contributed by atoms with Crippen molar-refractivity contribution < 1.29 is 13.7 Å². The van der Waals surface area contributed by atoms with Gasteiger partial charge in [-0.3, -0.25) is 18.7 Å². The van der Waals surface area contributed by atoms with Crippen LogP contribution in [0.5, 0.6) is 0 Å². The van der Waals surface area contributed by atoms with E-state index in [9.17, 15) is 0 Å². The third-order valence-electron chi connectivity index (χ3n) is 22.4. The number of thiophene rings is 1. The van der Waals surface area contributed by atoms with Gasteiger partial charge in [-0.2, -0.15) is 0 Å². The first-order chi connectivity index (χ1) is 57.2. The summed E-state index contributed by atoms with van der Waals surface area (Å²) in [5.74, 6) is 2.57. The van der Waals surface area contributed by atoms with E-state index in [0.717, 1.165) is 165 Å². The van der Waals surface area contributed by atoms with E-state index in [2.05, 4.69) is 182 Å². The lowest BCUT2D eigenvalue weighted by atomic mass is 10.0. The van der Waals surface area contributed by atoms with Crippen LogP contribution in [0.15, 0.2) is 413 Å². The summed E-state index contributed by atoms with van der Waals surface area (Å²) in [5, 5.41) is 7.51. The van der Waals surface area contributed by atoms with Crippen LogP contribution in [0, 0.1) is 0 Å². The molecule has 14 heteroatoms. The van der Waals surface area contributed by atoms with Gasteiger partial charge in [0, 0.05) is 86.6 Å². The molecule has 0 amide bonds. The lowest BCUT2D eigenvalue weighted by molar-refractivity contribution is 0.591. The fourth-order valence-electron chi connectivity index (χ4n) is 17.0. The Hall–Kier alpha value is -13.8. The fraction of sp³-hybridized carbons (Fsp3) is 0. The third-order valence-corrected chi connectivity index (χ3v) is 32.9. The quantitative estimate of drug-likeness (QED) is 0.118. The predicted octanol–water partition coefficient (Wildman–Crippen LogP) is 21.7. The zero-order valence-electron chi connectivity index (χ0n) is 62.4. The molecule has 550 valence electrons. The highest BCUT2D eigenvalue weighted by atomic mass is 32.1. The number of aromatic nitrogens is 7. The van der Waals surface area contributed by atoms with Gasteiger partial charge in [0.25, 0.3) is 0 Å². The van der Waals surface area contributed by atoms with Gasteiger partial charge in [-0.25, -0.2) is 15.0 Å². The van der Waals surface area contributed by atoms with E-state index in [1.165, 1.54) is 20.9 Å². The van der Waals surface area contributed by atoms with Gasteiger partial charge in [0.2, 0.25) is 0 Å². The van der Waals surface area contributed by atoms with E-state index in [-0.39, 0.29) is 0 Å². The minimum Gasteiger partial charge on any atom is -0.308 e. The van der Waals surface area contributed by atoms with Gasteiger partial charge in [0.1, 0.15) is 17.5 Å². The second-order valence-corrected chi connectivity index (χ2v) is 38.2. The Morgan fingerprint density at radius 1 is 0.216 bits per heavy atom. The molecular formula is C102H68N7O3P3S. The summed E-state index contributed by atoms with van der Waals surface area (Å²) in [6, 6.07) is 135. The van der Waals surface area contributed by atoms with Gasteiger partial charge >= 0.3 is 0 Å². The maximum atomic E-state index is 15.7. The first-order valence-corrected chi connectivity index (χ1v) is 44.5. The number of fused-ring (bicyclic) bond motifs is 6.